The molecule has 4 rings (SSSR count). The van der Waals surface area contributed by atoms with Crippen molar-refractivity contribution in [2.45, 2.75) is 25.7 Å². The van der Waals surface area contributed by atoms with E-state index in [2.05, 4.69) is 20.5 Å². The molecule has 166 valence electrons. The number of aryl methyl sites for hydroxylation is 2. The summed E-state index contributed by atoms with van der Waals surface area (Å²) in [6.45, 7) is 0.303. The SMILES string of the molecule is Cn1ncc2c(=O)n(CCC(=O)Nc3ccnn3Cc3ccc(C(F)(F)F)cc3)cnc21. The number of hydrogen-bond donors (Lipinski definition) is 1. The normalized spacial score (nSPS) is 11.8. The van der Waals surface area contributed by atoms with Crippen LogP contribution in [0.2, 0.25) is 0 Å². The molecule has 1 N–H and O–H groups in total. The van der Waals surface area contributed by atoms with Gasteiger partial charge in [-0.3, -0.25) is 18.8 Å². The van der Waals surface area contributed by atoms with Crippen molar-refractivity contribution in [1.82, 2.24) is 29.1 Å². The van der Waals surface area contributed by atoms with Gasteiger partial charge in [0.05, 0.1) is 30.8 Å². The molecule has 12 heteroatoms. The fraction of sp³-hybridized carbons (Fsp3) is 0.250. The van der Waals surface area contributed by atoms with E-state index in [-0.39, 0.29) is 31.0 Å². The highest BCUT2D eigenvalue weighted by Gasteiger charge is 2.29. The maximum atomic E-state index is 12.7. The standard InChI is InChI=1S/C20H18F3N7O2/c1-28-18-15(10-26-28)19(32)29(12-24-18)9-7-17(31)27-16-6-8-25-30(16)11-13-2-4-14(5-3-13)20(21,22)23/h2-6,8,10,12H,7,9,11H2,1H3,(H,27,31). The van der Waals surface area contributed by atoms with Gasteiger partial charge in [-0.05, 0) is 17.7 Å². The Kier molecular flexibility index (Phi) is 5.51. The van der Waals surface area contributed by atoms with Gasteiger partial charge in [0.25, 0.3) is 5.56 Å². The van der Waals surface area contributed by atoms with Crippen molar-refractivity contribution in [3.05, 3.63) is 70.5 Å². The van der Waals surface area contributed by atoms with Gasteiger partial charge in [-0.1, -0.05) is 12.1 Å². The molecule has 1 aromatic carbocycles. The second kappa shape index (κ2) is 8.29. The Morgan fingerprint density at radius 2 is 1.88 bits per heavy atom. The molecule has 0 spiro atoms. The van der Waals surface area contributed by atoms with Crippen LogP contribution in [0.5, 0.6) is 0 Å². The second-order valence-corrected chi connectivity index (χ2v) is 7.12. The topological polar surface area (TPSA) is 99.6 Å². The average molecular weight is 445 g/mol. The van der Waals surface area contributed by atoms with E-state index in [9.17, 15) is 22.8 Å². The summed E-state index contributed by atoms with van der Waals surface area (Å²) in [7, 11) is 1.68. The third-order valence-corrected chi connectivity index (χ3v) is 4.90. The van der Waals surface area contributed by atoms with Gasteiger partial charge in [0.1, 0.15) is 11.2 Å². The van der Waals surface area contributed by atoms with Crippen LogP contribution in [-0.4, -0.2) is 35.0 Å². The zero-order valence-corrected chi connectivity index (χ0v) is 16.9. The first kappa shape index (κ1) is 21.3. The summed E-state index contributed by atoms with van der Waals surface area (Å²) in [5, 5.41) is 11.2. The summed E-state index contributed by atoms with van der Waals surface area (Å²) in [6, 6.07) is 6.31. The Balaban J connectivity index is 1.39. The lowest BCUT2D eigenvalue weighted by Gasteiger charge is -2.11. The number of fused-ring (bicyclic) bond motifs is 1. The van der Waals surface area contributed by atoms with Gasteiger partial charge in [0.15, 0.2) is 5.65 Å². The number of alkyl halides is 3. The van der Waals surface area contributed by atoms with E-state index in [0.29, 0.717) is 22.4 Å². The molecule has 3 aromatic heterocycles. The Morgan fingerprint density at radius 1 is 1.12 bits per heavy atom. The summed E-state index contributed by atoms with van der Waals surface area (Å²) >= 11 is 0. The van der Waals surface area contributed by atoms with Gasteiger partial charge in [0, 0.05) is 26.1 Å². The van der Waals surface area contributed by atoms with E-state index >= 15 is 0 Å². The number of halogens is 3. The predicted molar refractivity (Wildman–Crippen MR) is 109 cm³/mol. The molecule has 0 radical (unpaired) electrons. The lowest BCUT2D eigenvalue weighted by molar-refractivity contribution is -0.137. The number of carbonyl (C=O) groups is 1. The highest BCUT2D eigenvalue weighted by Crippen LogP contribution is 2.29. The van der Waals surface area contributed by atoms with Crippen LogP contribution in [0, 0.1) is 0 Å². The fourth-order valence-corrected chi connectivity index (χ4v) is 3.19. The number of rotatable bonds is 6. The Labute approximate surface area is 179 Å². The minimum Gasteiger partial charge on any atom is -0.311 e. The van der Waals surface area contributed by atoms with Crippen LogP contribution < -0.4 is 10.9 Å². The summed E-state index contributed by atoms with van der Waals surface area (Å²) in [6.07, 6.45) is -0.110. The predicted octanol–water partition coefficient (Wildman–Crippen LogP) is 2.42. The van der Waals surface area contributed by atoms with Crippen molar-refractivity contribution >= 4 is 22.8 Å². The third kappa shape index (κ3) is 4.38. The monoisotopic (exact) mass is 445 g/mol. The number of nitrogens with zero attached hydrogens (tertiary/aromatic N) is 6. The van der Waals surface area contributed by atoms with Gasteiger partial charge in [-0.2, -0.15) is 23.4 Å². The van der Waals surface area contributed by atoms with Crippen LogP contribution >= 0.6 is 0 Å². The highest BCUT2D eigenvalue weighted by molar-refractivity contribution is 5.89. The zero-order valence-electron chi connectivity index (χ0n) is 16.9. The van der Waals surface area contributed by atoms with E-state index in [1.54, 1.807) is 13.1 Å². The number of hydrogen-bond acceptors (Lipinski definition) is 5. The lowest BCUT2D eigenvalue weighted by Crippen LogP contribution is -2.24. The summed E-state index contributed by atoms with van der Waals surface area (Å²) < 4.78 is 42.4. The van der Waals surface area contributed by atoms with Crippen molar-refractivity contribution in [3.8, 4) is 0 Å². The van der Waals surface area contributed by atoms with Crippen LogP contribution in [-0.2, 0) is 31.1 Å². The fourth-order valence-electron chi connectivity index (χ4n) is 3.19. The van der Waals surface area contributed by atoms with Gasteiger partial charge >= 0.3 is 6.18 Å². The number of carbonyl (C=O) groups excluding carboxylic acids is 1. The molecule has 0 saturated heterocycles. The highest BCUT2D eigenvalue weighted by atomic mass is 19.4. The van der Waals surface area contributed by atoms with Crippen molar-refractivity contribution in [1.29, 1.82) is 0 Å². The first-order valence-electron chi connectivity index (χ1n) is 9.57. The number of nitrogens with one attached hydrogen (secondary N) is 1. The van der Waals surface area contributed by atoms with E-state index in [0.717, 1.165) is 12.1 Å². The number of amides is 1. The van der Waals surface area contributed by atoms with E-state index < -0.39 is 11.7 Å². The van der Waals surface area contributed by atoms with Gasteiger partial charge < -0.3 is 5.32 Å². The van der Waals surface area contributed by atoms with Crippen LogP contribution in [0.15, 0.2) is 53.8 Å². The van der Waals surface area contributed by atoms with Gasteiger partial charge in [-0.25, -0.2) is 9.67 Å². The first-order valence-corrected chi connectivity index (χ1v) is 9.57. The molecular formula is C20H18F3N7O2. The lowest BCUT2D eigenvalue weighted by atomic mass is 10.1. The average Bonchev–Trinajstić information content (AvgIpc) is 3.34. The zero-order chi connectivity index (χ0) is 22.9. The molecule has 3 heterocycles. The molecule has 9 nitrogen and oxygen atoms in total. The molecule has 0 aliphatic carbocycles. The van der Waals surface area contributed by atoms with Gasteiger partial charge in [0.2, 0.25) is 5.91 Å². The minimum atomic E-state index is -4.40. The molecule has 0 fully saturated rings. The summed E-state index contributed by atoms with van der Waals surface area (Å²) in [5.41, 5.74) is 0.0372. The Hall–Kier alpha value is -3.96. The number of benzene rings is 1. The van der Waals surface area contributed by atoms with Crippen LogP contribution in [0.4, 0.5) is 19.0 Å². The first-order chi connectivity index (χ1) is 15.2. The molecule has 1 amide bonds. The quantitative estimate of drug-likeness (QED) is 0.492. The largest absolute Gasteiger partial charge is 0.416 e. The maximum absolute atomic E-state index is 12.7. The van der Waals surface area contributed by atoms with Gasteiger partial charge in [-0.15, -0.1) is 0 Å². The molecule has 32 heavy (non-hydrogen) atoms. The molecule has 0 saturated carbocycles. The van der Waals surface area contributed by atoms with Crippen molar-refractivity contribution in [2.24, 2.45) is 7.05 Å². The van der Waals surface area contributed by atoms with E-state index in [4.69, 9.17) is 0 Å². The number of anilines is 1. The smallest absolute Gasteiger partial charge is 0.311 e. The van der Waals surface area contributed by atoms with E-state index in [1.807, 2.05) is 0 Å². The second-order valence-electron chi connectivity index (χ2n) is 7.12. The van der Waals surface area contributed by atoms with Crippen LogP contribution in [0.25, 0.3) is 11.0 Å². The van der Waals surface area contributed by atoms with Crippen molar-refractivity contribution < 1.29 is 18.0 Å². The van der Waals surface area contributed by atoms with Crippen molar-refractivity contribution in [3.63, 3.8) is 0 Å². The molecule has 0 atom stereocenters. The summed E-state index contributed by atoms with van der Waals surface area (Å²) in [4.78, 5) is 29.0. The number of aromatic nitrogens is 6. The maximum Gasteiger partial charge on any atom is 0.416 e. The molecule has 0 unspecified atom stereocenters. The summed E-state index contributed by atoms with van der Waals surface area (Å²) in [5.74, 6) is 0.0421. The molecule has 0 aliphatic heterocycles. The van der Waals surface area contributed by atoms with E-state index in [1.165, 1.54) is 44.8 Å². The van der Waals surface area contributed by atoms with Crippen LogP contribution in [0.1, 0.15) is 17.5 Å². The minimum absolute atomic E-state index is 0.0127. The molecular weight excluding hydrogens is 427 g/mol. The van der Waals surface area contributed by atoms with Crippen molar-refractivity contribution in [2.75, 3.05) is 5.32 Å². The third-order valence-electron chi connectivity index (χ3n) is 4.90. The molecule has 4 aromatic rings. The molecule has 0 aliphatic rings. The Morgan fingerprint density at radius 3 is 2.59 bits per heavy atom. The van der Waals surface area contributed by atoms with Crippen LogP contribution in [0.3, 0.4) is 0 Å². The molecule has 0 bridgehead atoms. The Bertz CT molecular complexity index is 1320.